The highest BCUT2D eigenvalue weighted by molar-refractivity contribution is 5.87. The summed E-state index contributed by atoms with van der Waals surface area (Å²) in [6, 6.07) is 66.4. The number of hydrogen-bond acceptors (Lipinski definition) is 12. The molecule has 4 heterocycles. The van der Waals surface area contributed by atoms with Gasteiger partial charge >= 0.3 is 0 Å². The highest BCUT2D eigenvalue weighted by Gasteiger charge is 2.32. The van der Waals surface area contributed by atoms with Crippen LogP contribution in [0.2, 0.25) is 0 Å². The van der Waals surface area contributed by atoms with Gasteiger partial charge in [-0.1, -0.05) is 287 Å². The van der Waals surface area contributed by atoms with Crippen LogP contribution in [0.3, 0.4) is 0 Å². The minimum atomic E-state index is -0.255. The van der Waals surface area contributed by atoms with Crippen molar-refractivity contribution in [3.05, 3.63) is 239 Å². The standard InChI is InChI=1S/C52H56N6O2.C46H52N6O2/c1-49(2,3)37-27-39(51(7,8)9)47(59)45(29-37)57-53-41-23-21-35(25-43(41)55-57)33-17-13-31(14-18-33)32-15-19-34(20-16-32)36-22-24-42-44(26-36)56-58(54-42)46-30-38(50(4,5)6)28-40(48(46)60)52(10,11)12;1-43(2,3)31-23-33(45(7,8)9)41(53)39(25-31)51-47-35-19-17-29(21-37(35)49-51)27-13-15-28(16-14-27)30-18-20-36-38(22-30)50-52(48-36)40-26-32(44(4,5)6)24-34(42(40)54)46(10,11)12/h13-30,59-60H,1-12H3;13-26,53-54H,1-12H3. The van der Waals surface area contributed by atoms with Gasteiger partial charge < -0.3 is 20.4 Å². The molecule has 0 aliphatic heterocycles. The lowest BCUT2D eigenvalue weighted by Crippen LogP contribution is -2.18. The van der Waals surface area contributed by atoms with E-state index >= 15 is 0 Å². The molecule has 0 bridgehead atoms. The van der Waals surface area contributed by atoms with Crippen LogP contribution in [0.5, 0.6) is 23.0 Å². The molecule has 0 spiro atoms. The van der Waals surface area contributed by atoms with Gasteiger partial charge in [0.05, 0.1) is 0 Å². The SMILES string of the molecule is CC(C)(C)c1cc(-n2nc3ccc(-c4ccc(-c5ccc(-c6ccc7nn(-c8cc(C(C)(C)C)cc(C(C)(C)C)c8O)nc7c6)cc5)cc4)cc3n2)c(O)c(C(C)(C)C)c1.CC(C)(C)c1cc(-n2nc3ccc(-c4ccc(-c5ccc6nn(-c7cc(C(C)(C)C)cc(C(C)(C)C)c7O)nc6c5)cc4)cc3n2)c(O)c(C(C)(C)C)c1. The van der Waals surface area contributed by atoms with Gasteiger partial charge in [-0.25, -0.2) is 0 Å². The van der Waals surface area contributed by atoms with E-state index in [2.05, 4.69) is 300 Å². The van der Waals surface area contributed by atoms with Gasteiger partial charge in [0.15, 0.2) is 0 Å². The van der Waals surface area contributed by atoms with Crippen molar-refractivity contribution >= 4 is 44.1 Å². The molecule has 0 unspecified atom stereocenters. The second-order valence-corrected chi connectivity index (χ2v) is 39.1. The van der Waals surface area contributed by atoms with Crippen molar-refractivity contribution in [2.45, 2.75) is 209 Å². The number of hydrogen-bond donors (Lipinski definition) is 4. The summed E-state index contributed by atoms with van der Waals surface area (Å²) in [5.74, 6) is 0.824. The summed E-state index contributed by atoms with van der Waals surface area (Å²) < 4.78 is 0. The molecular weight excluding hydrogens is 1410 g/mol. The van der Waals surface area contributed by atoms with E-state index in [0.29, 0.717) is 22.7 Å². The van der Waals surface area contributed by atoms with Gasteiger partial charge in [-0.05, 0) is 194 Å². The van der Waals surface area contributed by atoms with Crippen molar-refractivity contribution in [2.75, 3.05) is 0 Å². The Hall–Kier alpha value is -11.8. The molecule has 0 aliphatic carbocycles. The number of phenolic OH excluding ortho intramolecular Hbond substituents is 4. The summed E-state index contributed by atoms with van der Waals surface area (Å²) in [7, 11) is 0. The third-order valence-corrected chi connectivity index (χ3v) is 21.8. The highest BCUT2D eigenvalue weighted by Crippen LogP contribution is 2.45. The lowest BCUT2D eigenvalue weighted by atomic mass is 9.80. The Morgan fingerprint density at radius 3 is 0.482 bits per heavy atom. The third-order valence-electron chi connectivity index (χ3n) is 21.8. The lowest BCUT2D eigenvalue weighted by Gasteiger charge is -2.27. The van der Waals surface area contributed by atoms with Gasteiger partial charge in [-0.15, -0.1) is 60.0 Å². The van der Waals surface area contributed by atoms with Crippen LogP contribution in [-0.4, -0.2) is 80.4 Å². The fraction of sp³-hybridized carbons (Fsp3) is 0.327. The Balaban J connectivity index is 0.000000190. The molecule has 0 saturated heterocycles. The lowest BCUT2D eigenvalue weighted by molar-refractivity contribution is 0.437. The van der Waals surface area contributed by atoms with Crippen LogP contribution in [0, 0.1) is 0 Å². The van der Waals surface area contributed by atoms with Crippen molar-refractivity contribution in [1.29, 1.82) is 0 Å². The number of rotatable bonds is 9. The van der Waals surface area contributed by atoms with Gasteiger partial charge in [0.25, 0.3) is 0 Å². The number of benzene rings is 11. The summed E-state index contributed by atoms with van der Waals surface area (Å²) in [6.45, 7) is 51.4. The minimum absolute atomic E-state index is 0.112. The van der Waals surface area contributed by atoms with Crippen molar-refractivity contribution < 1.29 is 20.4 Å². The minimum Gasteiger partial charge on any atom is -0.505 e. The number of nitrogens with zero attached hydrogens (tertiary/aromatic N) is 12. The molecule has 0 saturated carbocycles. The van der Waals surface area contributed by atoms with Crippen LogP contribution in [0.25, 0.3) is 123 Å². The van der Waals surface area contributed by atoms with Crippen molar-refractivity contribution in [3.8, 4) is 101 Å². The van der Waals surface area contributed by atoms with Crippen LogP contribution in [0.15, 0.2) is 194 Å². The normalized spacial score (nSPS) is 12.9. The first-order valence-corrected chi connectivity index (χ1v) is 39.5. The zero-order chi connectivity index (χ0) is 82.2. The number of aromatic hydroxyl groups is 4. The van der Waals surface area contributed by atoms with E-state index in [1.807, 2.05) is 60.7 Å². The summed E-state index contributed by atoms with van der Waals surface area (Å²) in [5, 5.41) is 84.3. The average molecular weight is 1520 g/mol. The molecule has 16 heteroatoms. The second kappa shape index (κ2) is 28.1. The first-order chi connectivity index (χ1) is 53.1. The molecule has 0 atom stereocenters. The van der Waals surface area contributed by atoms with E-state index in [1.54, 1.807) is 19.2 Å². The van der Waals surface area contributed by atoms with Crippen LogP contribution in [0.4, 0.5) is 0 Å². The van der Waals surface area contributed by atoms with Crippen LogP contribution >= 0.6 is 0 Å². The molecule has 16 nitrogen and oxygen atoms in total. The monoisotopic (exact) mass is 1520 g/mol. The van der Waals surface area contributed by atoms with Crippen molar-refractivity contribution in [3.63, 3.8) is 0 Å². The maximum Gasteiger partial charge on any atom is 0.146 e. The van der Waals surface area contributed by atoms with Crippen LogP contribution in [-0.2, 0) is 43.3 Å². The van der Waals surface area contributed by atoms with E-state index in [9.17, 15) is 20.4 Å². The zero-order valence-electron chi connectivity index (χ0n) is 70.6. The fourth-order valence-corrected chi connectivity index (χ4v) is 14.5. The number of fused-ring (bicyclic) bond motifs is 4. The predicted molar refractivity (Wildman–Crippen MR) is 466 cm³/mol. The van der Waals surface area contributed by atoms with Gasteiger partial charge in [0, 0.05) is 22.3 Å². The maximum atomic E-state index is 11.4. The van der Waals surface area contributed by atoms with E-state index < -0.39 is 0 Å². The molecular formula is C98H108N12O4. The molecule has 114 heavy (non-hydrogen) atoms. The highest BCUT2D eigenvalue weighted by atomic mass is 16.3. The smallest absolute Gasteiger partial charge is 0.146 e. The van der Waals surface area contributed by atoms with E-state index in [4.69, 9.17) is 40.8 Å². The number of phenols is 4. The summed E-state index contributed by atoms with van der Waals surface area (Å²) in [5.41, 5.74) is 25.5. The Morgan fingerprint density at radius 2 is 0.325 bits per heavy atom. The van der Waals surface area contributed by atoms with E-state index in [0.717, 1.165) is 144 Å². The predicted octanol–water partition coefficient (Wildman–Crippen LogP) is 23.8. The van der Waals surface area contributed by atoms with Crippen molar-refractivity contribution in [2.24, 2.45) is 0 Å². The molecule has 15 rings (SSSR count). The summed E-state index contributed by atoms with van der Waals surface area (Å²) in [4.78, 5) is 6.28. The molecule has 15 aromatic rings. The quantitative estimate of drug-likeness (QED) is 0.107. The largest absolute Gasteiger partial charge is 0.505 e. The third kappa shape index (κ3) is 15.8. The fourth-order valence-electron chi connectivity index (χ4n) is 14.5. The Morgan fingerprint density at radius 1 is 0.175 bits per heavy atom. The first-order valence-electron chi connectivity index (χ1n) is 39.5. The number of aromatic nitrogens is 12. The Bertz CT molecular complexity index is 5830. The molecule has 4 aromatic heterocycles. The average Bonchev–Trinajstić information content (AvgIpc) is 1.57. The van der Waals surface area contributed by atoms with E-state index in [-0.39, 0.29) is 66.3 Å². The van der Waals surface area contributed by atoms with Gasteiger partial charge in [-0.2, -0.15) is 0 Å². The van der Waals surface area contributed by atoms with Gasteiger partial charge in [0.1, 0.15) is 89.9 Å². The molecule has 0 aliphatic rings. The van der Waals surface area contributed by atoms with Gasteiger partial charge in [-0.3, -0.25) is 0 Å². The van der Waals surface area contributed by atoms with Gasteiger partial charge in [0.2, 0.25) is 0 Å². The Kier molecular flexibility index (Phi) is 19.4. The second-order valence-electron chi connectivity index (χ2n) is 39.1. The molecule has 584 valence electrons. The molecule has 0 amide bonds. The maximum absolute atomic E-state index is 11.4. The van der Waals surface area contributed by atoms with Crippen LogP contribution in [0.1, 0.15) is 211 Å². The molecule has 0 radical (unpaired) electrons. The summed E-state index contributed by atoms with van der Waals surface area (Å²) in [6.07, 6.45) is 0. The van der Waals surface area contributed by atoms with E-state index in [1.165, 1.54) is 0 Å². The molecule has 0 fully saturated rings. The van der Waals surface area contributed by atoms with Crippen molar-refractivity contribution in [1.82, 2.24) is 60.0 Å². The topological polar surface area (TPSA) is 204 Å². The summed E-state index contributed by atoms with van der Waals surface area (Å²) >= 11 is 0. The Labute approximate surface area is 670 Å². The first kappa shape index (κ1) is 78.9. The molecule has 11 aromatic carbocycles. The molecule has 4 N–H and O–H groups in total. The van der Waals surface area contributed by atoms with Crippen LogP contribution < -0.4 is 0 Å². The zero-order valence-corrected chi connectivity index (χ0v) is 70.6.